The van der Waals surface area contributed by atoms with Crippen LogP contribution in [0.5, 0.6) is 0 Å². The van der Waals surface area contributed by atoms with Crippen LogP contribution < -0.4 is 10.4 Å². The fourth-order valence-corrected chi connectivity index (χ4v) is 9.55. The molecular weight excluding hydrogens is 460 g/mol. The normalized spacial score (nSPS) is 19.5. The standard InChI is InChI=1S/C28H40O6Si/c1-21(26(25(29)27(30)31-5)34-24-18-12-13-19-32-24)20-33-35(28(2,3)4,22-14-8-6-9-15-22)23-16-10-7-11-17-23/h6-11,14-17,21,24-26,29H,12-13,18-20H2,1-5H3/t21-,24?,25+,26-/m1/s1. The van der Waals surface area contributed by atoms with Gasteiger partial charge in [-0.2, -0.15) is 0 Å². The zero-order chi connectivity index (χ0) is 25.5. The maximum atomic E-state index is 12.3. The average Bonchev–Trinajstić information content (AvgIpc) is 2.87. The van der Waals surface area contributed by atoms with Crippen molar-refractivity contribution in [2.75, 3.05) is 20.3 Å². The second-order valence-electron chi connectivity index (χ2n) is 10.3. The molecule has 0 radical (unpaired) electrons. The molecule has 2 aromatic carbocycles. The topological polar surface area (TPSA) is 74.2 Å². The molecule has 0 amide bonds. The Bertz CT molecular complexity index is 869. The Balaban J connectivity index is 1.93. The maximum Gasteiger partial charge on any atom is 0.337 e. The molecule has 7 heteroatoms. The first kappa shape index (κ1) is 27.6. The second kappa shape index (κ2) is 12.3. The lowest BCUT2D eigenvalue weighted by molar-refractivity contribution is -0.222. The molecule has 0 bridgehead atoms. The van der Waals surface area contributed by atoms with E-state index in [0.29, 0.717) is 13.2 Å². The van der Waals surface area contributed by atoms with E-state index < -0.39 is 32.8 Å². The van der Waals surface area contributed by atoms with Crippen LogP contribution in [0.4, 0.5) is 0 Å². The summed E-state index contributed by atoms with van der Waals surface area (Å²) in [6.07, 6.45) is -0.00233. The third kappa shape index (κ3) is 6.40. The molecule has 0 aliphatic carbocycles. The van der Waals surface area contributed by atoms with Gasteiger partial charge in [0.25, 0.3) is 8.32 Å². The first-order valence-corrected chi connectivity index (χ1v) is 14.4. The predicted octanol–water partition coefficient (Wildman–Crippen LogP) is 3.64. The number of rotatable bonds is 10. The SMILES string of the molecule is COC(=O)[C@@H](O)[C@H](OC1CCCCO1)[C@H](C)CO[Si](c1ccccc1)(c1ccccc1)C(C)(C)C. The van der Waals surface area contributed by atoms with Crippen molar-refractivity contribution in [3.8, 4) is 0 Å². The molecule has 1 saturated heterocycles. The summed E-state index contributed by atoms with van der Waals surface area (Å²) in [5.74, 6) is -1.01. The molecule has 0 spiro atoms. The van der Waals surface area contributed by atoms with Gasteiger partial charge in [-0.25, -0.2) is 4.79 Å². The number of methoxy groups -OCH3 is 1. The largest absolute Gasteiger partial charge is 0.467 e. The number of carbonyl (C=O) groups is 1. The number of carbonyl (C=O) groups excluding carboxylic acids is 1. The van der Waals surface area contributed by atoms with Crippen LogP contribution >= 0.6 is 0 Å². The zero-order valence-electron chi connectivity index (χ0n) is 21.6. The Morgan fingerprint density at radius 3 is 2.09 bits per heavy atom. The fraction of sp³-hybridized carbons (Fsp3) is 0.536. The molecule has 1 aliphatic rings. The van der Waals surface area contributed by atoms with E-state index in [0.717, 1.165) is 19.3 Å². The van der Waals surface area contributed by atoms with Gasteiger partial charge in [0.2, 0.25) is 0 Å². The van der Waals surface area contributed by atoms with Crippen LogP contribution in [-0.2, 0) is 23.4 Å². The summed E-state index contributed by atoms with van der Waals surface area (Å²) in [5.41, 5.74) is 0. The van der Waals surface area contributed by atoms with Crippen LogP contribution in [0.2, 0.25) is 5.04 Å². The minimum Gasteiger partial charge on any atom is -0.467 e. The minimum atomic E-state index is -2.77. The molecule has 0 aromatic heterocycles. The predicted molar refractivity (Wildman–Crippen MR) is 139 cm³/mol. The zero-order valence-corrected chi connectivity index (χ0v) is 22.6. The first-order valence-electron chi connectivity index (χ1n) is 12.5. The van der Waals surface area contributed by atoms with Crippen molar-refractivity contribution in [2.24, 2.45) is 5.92 Å². The van der Waals surface area contributed by atoms with Crippen molar-refractivity contribution < 1.29 is 28.5 Å². The van der Waals surface area contributed by atoms with Gasteiger partial charge in [-0.15, -0.1) is 0 Å². The summed E-state index contributed by atoms with van der Waals surface area (Å²) < 4.78 is 23.8. The Morgan fingerprint density at radius 1 is 1.06 bits per heavy atom. The van der Waals surface area contributed by atoms with Crippen molar-refractivity contribution in [2.45, 2.75) is 70.5 Å². The van der Waals surface area contributed by atoms with E-state index in [1.54, 1.807) is 0 Å². The van der Waals surface area contributed by atoms with Crippen LogP contribution in [0, 0.1) is 5.92 Å². The van der Waals surface area contributed by atoms with Crippen LogP contribution in [0.25, 0.3) is 0 Å². The Hall–Kier alpha value is -2.03. The van der Waals surface area contributed by atoms with E-state index >= 15 is 0 Å². The summed E-state index contributed by atoms with van der Waals surface area (Å²) in [5, 5.41) is 13.0. The van der Waals surface area contributed by atoms with Gasteiger partial charge in [0.1, 0.15) is 6.10 Å². The minimum absolute atomic E-state index is 0.181. The molecule has 6 nitrogen and oxygen atoms in total. The molecule has 3 rings (SSSR count). The number of hydrogen-bond acceptors (Lipinski definition) is 6. The number of aliphatic hydroxyl groups excluding tert-OH is 1. The van der Waals surface area contributed by atoms with Gasteiger partial charge in [-0.1, -0.05) is 88.4 Å². The molecule has 0 saturated carbocycles. The maximum absolute atomic E-state index is 12.3. The Morgan fingerprint density at radius 2 is 1.63 bits per heavy atom. The molecule has 2 aromatic rings. The lowest BCUT2D eigenvalue weighted by Crippen LogP contribution is -2.67. The van der Waals surface area contributed by atoms with E-state index in [4.69, 9.17) is 18.6 Å². The van der Waals surface area contributed by atoms with Crippen molar-refractivity contribution in [1.82, 2.24) is 0 Å². The van der Waals surface area contributed by atoms with Gasteiger partial charge in [0.15, 0.2) is 12.4 Å². The van der Waals surface area contributed by atoms with Gasteiger partial charge in [0.05, 0.1) is 7.11 Å². The van der Waals surface area contributed by atoms with E-state index in [1.165, 1.54) is 17.5 Å². The van der Waals surface area contributed by atoms with Gasteiger partial charge < -0.3 is 23.7 Å². The smallest absolute Gasteiger partial charge is 0.337 e. The highest BCUT2D eigenvalue weighted by atomic mass is 28.4. The molecule has 1 aliphatic heterocycles. The van der Waals surface area contributed by atoms with Crippen molar-refractivity contribution in [3.05, 3.63) is 60.7 Å². The molecule has 1 N–H and O–H groups in total. The van der Waals surface area contributed by atoms with Gasteiger partial charge in [0, 0.05) is 19.1 Å². The quantitative estimate of drug-likeness (QED) is 0.397. The average molecular weight is 501 g/mol. The summed E-state index contributed by atoms with van der Waals surface area (Å²) >= 11 is 0. The number of esters is 1. The van der Waals surface area contributed by atoms with E-state index in [9.17, 15) is 9.90 Å². The van der Waals surface area contributed by atoms with Crippen LogP contribution in [0.3, 0.4) is 0 Å². The molecule has 35 heavy (non-hydrogen) atoms. The van der Waals surface area contributed by atoms with Crippen molar-refractivity contribution in [3.63, 3.8) is 0 Å². The highest BCUT2D eigenvalue weighted by molar-refractivity contribution is 6.99. The van der Waals surface area contributed by atoms with Gasteiger partial charge >= 0.3 is 5.97 Å². The third-order valence-electron chi connectivity index (χ3n) is 6.74. The Labute approximate surface area is 210 Å². The van der Waals surface area contributed by atoms with Crippen LogP contribution in [0.15, 0.2) is 60.7 Å². The Kier molecular flexibility index (Phi) is 9.67. The highest BCUT2D eigenvalue weighted by Crippen LogP contribution is 2.37. The molecule has 1 fully saturated rings. The van der Waals surface area contributed by atoms with Crippen LogP contribution in [-0.4, -0.2) is 58.2 Å². The number of benzene rings is 2. The summed E-state index contributed by atoms with van der Waals surface area (Å²) in [6, 6.07) is 20.8. The molecule has 1 heterocycles. The van der Waals surface area contributed by atoms with Crippen LogP contribution in [0.1, 0.15) is 47.0 Å². The van der Waals surface area contributed by atoms with E-state index in [-0.39, 0.29) is 11.0 Å². The summed E-state index contributed by atoms with van der Waals surface area (Å²) in [7, 11) is -1.50. The molecule has 4 atom stereocenters. The molecular formula is C28H40O6Si. The number of aliphatic hydroxyl groups is 1. The lowest BCUT2D eigenvalue weighted by Gasteiger charge is -2.44. The molecule has 1 unspecified atom stereocenters. The summed E-state index contributed by atoms with van der Waals surface area (Å²) in [4.78, 5) is 12.3. The molecule has 192 valence electrons. The number of ether oxygens (including phenoxy) is 3. The number of hydrogen-bond donors (Lipinski definition) is 1. The third-order valence-corrected chi connectivity index (χ3v) is 11.7. The van der Waals surface area contributed by atoms with Gasteiger partial charge in [-0.3, -0.25) is 0 Å². The fourth-order valence-electron chi connectivity index (χ4n) is 4.88. The van der Waals surface area contributed by atoms with E-state index in [1.807, 2.05) is 43.3 Å². The van der Waals surface area contributed by atoms with Crippen molar-refractivity contribution in [1.29, 1.82) is 0 Å². The second-order valence-corrected chi connectivity index (χ2v) is 14.6. The highest BCUT2D eigenvalue weighted by Gasteiger charge is 2.50. The monoisotopic (exact) mass is 500 g/mol. The summed E-state index contributed by atoms with van der Waals surface area (Å²) in [6.45, 7) is 9.51. The van der Waals surface area contributed by atoms with Crippen molar-refractivity contribution >= 4 is 24.7 Å². The first-order chi connectivity index (χ1) is 16.7. The van der Waals surface area contributed by atoms with E-state index in [2.05, 4.69) is 45.0 Å². The van der Waals surface area contributed by atoms with Gasteiger partial charge in [-0.05, 0) is 34.7 Å². The lowest BCUT2D eigenvalue weighted by atomic mass is 10.00.